The van der Waals surface area contributed by atoms with E-state index in [2.05, 4.69) is 36.5 Å². The molecule has 6 nitrogen and oxygen atoms in total. The van der Waals surface area contributed by atoms with Crippen LogP contribution in [0.1, 0.15) is 5.56 Å². The Morgan fingerprint density at radius 1 is 1.00 bits per heavy atom. The average molecular weight is 413 g/mol. The van der Waals surface area contributed by atoms with Gasteiger partial charge in [0.2, 0.25) is 5.95 Å². The molecule has 2 aromatic carbocycles. The first-order valence-corrected chi connectivity index (χ1v) is 8.78. The molecule has 3 N–H and O–H groups in total. The van der Waals surface area contributed by atoms with Gasteiger partial charge < -0.3 is 15.7 Å². The molecule has 0 atom stereocenters. The molecule has 0 aliphatic rings. The second kappa shape index (κ2) is 8.44. The largest absolute Gasteiger partial charge is 0.480 e. The standard InChI is InChI=1S/C19H17BrN4O2/c20-15-9-5-4-8-14(15)11-21-17-10-16(13-6-2-1-3-7-13)23-19(24-17)22-12-18(25)26/h1-10H,11-12H2,(H,25,26)(H2,21,22,23,24). The molecule has 0 spiro atoms. The Morgan fingerprint density at radius 2 is 1.73 bits per heavy atom. The minimum absolute atomic E-state index is 0.248. The third-order valence-electron chi connectivity index (χ3n) is 3.61. The van der Waals surface area contributed by atoms with E-state index in [4.69, 9.17) is 5.11 Å². The maximum Gasteiger partial charge on any atom is 0.322 e. The van der Waals surface area contributed by atoms with Crippen LogP contribution < -0.4 is 10.6 Å². The number of rotatable bonds is 7. The van der Waals surface area contributed by atoms with Crippen molar-refractivity contribution >= 4 is 33.7 Å². The van der Waals surface area contributed by atoms with E-state index in [0.29, 0.717) is 18.1 Å². The summed E-state index contributed by atoms with van der Waals surface area (Å²) in [6.45, 7) is 0.326. The number of hydrogen-bond donors (Lipinski definition) is 3. The second-order valence-corrected chi connectivity index (χ2v) is 6.37. The molecule has 0 bridgehead atoms. The molecule has 3 aromatic rings. The molecule has 0 fully saturated rings. The van der Waals surface area contributed by atoms with Crippen LogP contribution in [0.15, 0.2) is 65.1 Å². The normalized spacial score (nSPS) is 10.3. The van der Waals surface area contributed by atoms with Crippen molar-refractivity contribution < 1.29 is 9.90 Å². The lowest BCUT2D eigenvalue weighted by Crippen LogP contribution is -2.15. The Labute approximate surface area is 159 Å². The summed E-state index contributed by atoms with van der Waals surface area (Å²) < 4.78 is 1.01. The molecule has 0 unspecified atom stereocenters. The quantitative estimate of drug-likeness (QED) is 0.543. The number of carbonyl (C=O) groups is 1. The fraction of sp³-hybridized carbons (Fsp3) is 0.105. The van der Waals surface area contributed by atoms with Gasteiger partial charge in [0.15, 0.2) is 0 Å². The first-order chi connectivity index (χ1) is 12.6. The summed E-state index contributed by atoms with van der Waals surface area (Å²) in [6, 6.07) is 19.4. The lowest BCUT2D eigenvalue weighted by molar-refractivity contribution is -0.134. The molecule has 132 valence electrons. The van der Waals surface area contributed by atoms with Crippen molar-refractivity contribution in [3.8, 4) is 11.3 Å². The second-order valence-electron chi connectivity index (χ2n) is 5.52. The van der Waals surface area contributed by atoms with Gasteiger partial charge in [-0.05, 0) is 11.6 Å². The number of benzene rings is 2. The highest BCUT2D eigenvalue weighted by molar-refractivity contribution is 9.10. The molecule has 0 saturated carbocycles. The van der Waals surface area contributed by atoms with E-state index in [0.717, 1.165) is 15.6 Å². The van der Waals surface area contributed by atoms with Gasteiger partial charge in [-0.15, -0.1) is 0 Å². The van der Waals surface area contributed by atoms with Crippen molar-refractivity contribution in [3.05, 3.63) is 70.7 Å². The van der Waals surface area contributed by atoms with Gasteiger partial charge >= 0.3 is 5.97 Å². The lowest BCUT2D eigenvalue weighted by Gasteiger charge is -2.11. The minimum atomic E-state index is -0.971. The van der Waals surface area contributed by atoms with Crippen LogP contribution in [0.5, 0.6) is 0 Å². The summed E-state index contributed by atoms with van der Waals surface area (Å²) in [5.41, 5.74) is 2.73. The van der Waals surface area contributed by atoms with E-state index in [1.807, 2.05) is 60.7 Å². The van der Waals surface area contributed by atoms with Gasteiger partial charge in [0, 0.05) is 22.6 Å². The maximum absolute atomic E-state index is 10.8. The molecule has 0 aliphatic heterocycles. The Balaban J connectivity index is 1.86. The molecule has 26 heavy (non-hydrogen) atoms. The zero-order valence-corrected chi connectivity index (χ0v) is 15.4. The number of nitrogens with zero attached hydrogens (tertiary/aromatic N) is 2. The summed E-state index contributed by atoms with van der Waals surface area (Å²) in [5, 5.41) is 14.9. The van der Waals surface area contributed by atoms with Crippen molar-refractivity contribution in [3.63, 3.8) is 0 Å². The smallest absolute Gasteiger partial charge is 0.322 e. The summed E-state index contributed by atoms with van der Waals surface area (Å²) in [5.74, 6) is -0.0904. The molecule has 1 heterocycles. The van der Waals surface area contributed by atoms with Crippen molar-refractivity contribution in [2.75, 3.05) is 17.2 Å². The van der Waals surface area contributed by atoms with Crippen molar-refractivity contribution in [1.29, 1.82) is 0 Å². The number of anilines is 2. The predicted molar refractivity (Wildman–Crippen MR) is 105 cm³/mol. The van der Waals surface area contributed by atoms with Gasteiger partial charge in [0.25, 0.3) is 0 Å². The molecule has 0 radical (unpaired) electrons. The number of carboxylic acids is 1. The van der Waals surface area contributed by atoms with Gasteiger partial charge in [0.05, 0.1) is 5.69 Å². The topological polar surface area (TPSA) is 87.1 Å². The molecular formula is C19H17BrN4O2. The maximum atomic E-state index is 10.8. The van der Waals surface area contributed by atoms with Crippen LogP contribution in [-0.2, 0) is 11.3 Å². The lowest BCUT2D eigenvalue weighted by atomic mass is 10.1. The number of carboxylic acid groups (broad SMARTS) is 1. The highest BCUT2D eigenvalue weighted by atomic mass is 79.9. The van der Waals surface area contributed by atoms with E-state index in [1.165, 1.54) is 0 Å². The number of aliphatic carboxylic acids is 1. The third kappa shape index (κ3) is 4.80. The Kier molecular flexibility index (Phi) is 5.80. The van der Waals surface area contributed by atoms with Gasteiger partial charge in [-0.2, -0.15) is 4.98 Å². The Hall–Kier alpha value is -2.93. The van der Waals surface area contributed by atoms with Crippen molar-refractivity contribution in [2.45, 2.75) is 6.54 Å². The summed E-state index contributed by atoms with van der Waals surface area (Å²) in [4.78, 5) is 19.6. The zero-order chi connectivity index (χ0) is 18.4. The minimum Gasteiger partial charge on any atom is -0.480 e. The number of aromatic nitrogens is 2. The van der Waals surface area contributed by atoms with Crippen LogP contribution in [-0.4, -0.2) is 27.6 Å². The number of halogens is 1. The molecule has 0 amide bonds. The van der Waals surface area contributed by atoms with E-state index >= 15 is 0 Å². The van der Waals surface area contributed by atoms with E-state index < -0.39 is 5.97 Å². The van der Waals surface area contributed by atoms with Crippen LogP contribution in [0, 0.1) is 0 Å². The fourth-order valence-corrected chi connectivity index (χ4v) is 2.78. The molecular weight excluding hydrogens is 396 g/mol. The Bertz CT molecular complexity index is 903. The highest BCUT2D eigenvalue weighted by Gasteiger charge is 2.08. The highest BCUT2D eigenvalue weighted by Crippen LogP contribution is 2.22. The molecule has 7 heteroatoms. The van der Waals surface area contributed by atoms with Crippen molar-refractivity contribution in [2.24, 2.45) is 0 Å². The first-order valence-electron chi connectivity index (χ1n) is 7.99. The van der Waals surface area contributed by atoms with Gasteiger partial charge in [-0.1, -0.05) is 64.5 Å². The SMILES string of the molecule is O=C(O)CNc1nc(NCc2ccccc2Br)cc(-c2ccccc2)n1. The number of hydrogen-bond acceptors (Lipinski definition) is 5. The summed E-state index contributed by atoms with van der Waals surface area (Å²) >= 11 is 3.53. The van der Waals surface area contributed by atoms with Crippen LogP contribution >= 0.6 is 15.9 Å². The molecule has 1 aromatic heterocycles. The predicted octanol–water partition coefficient (Wildman–Crippen LogP) is 4.01. The zero-order valence-electron chi connectivity index (χ0n) is 13.8. The van der Waals surface area contributed by atoms with Gasteiger partial charge in [-0.25, -0.2) is 4.98 Å². The van der Waals surface area contributed by atoms with E-state index in [-0.39, 0.29) is 12.5 Å². The Morgan fingerprint density at radius 3 is 2.46 bits per heavy atom. The third-order valence-corrected chi connectivity index (χ3v) is 4.38. The van der Waals surface area contributed by atoms with Crippen LogP contribution in [0.3, 0.4) is 0 Å². The molecule has 0 aliphatic carbocycles. The van der Waals surface area contributed by atoms with Crippen molar-refractivity contribution in [1.82, 2.24) is 9.97 Å². The van der Waals surface area contributed by atoms with E-state index in [9.17, 15) is 4.79 Å². The molecule has 3 rings (SSSR count). The first kappa shape index (κ1) is 17.9. The number of nitrogens with one attached hydrogen (secondary N) is 2. The van der Waals surface area contributed by atoms with Crippen LogP contribution in [0.2, 0.25) is 0 Å². The summed E-state index contributed by atoms with van der Waals surface area (Å²) in [6.07, 6.45) is 0. The van der Waals surface area contributed by atoms with Gasteiger partial charge in [-0.3, -0.25) is 4.79 Å². The molecule has 0 saturated heterocycles. The summed E-state index contributed by atoms with van der Waals surface area (Å²) in [7, 11) is 0. The monoisotopic (exact) mass is 412 g/mol. The van der Waals surface area contributed by atoms with Crippen LogP contribution in [0.4, 0.5) is 11.8 Å². The average Bonchev–Trinajstić information content (AvgIpc) is 2.66. The van der Waals surface area contributed by atoms with Gasteiger partial charge in [0.1, 0.15) is 12.4 Å². The fourth-order valence-electron chi connectivity index (χ4n) is 2.36. The van der Waals surface area contributed by atoms with E-state index in [1.54, 1.807) is 0 Å². The van der Waals surface area contributed by atoms with Crippen LogP contribution in [0.25, 0.3) is 11.3 Å².